The van der Waals surface area contributed by atoms with Crippen LogP contribution in [-0.2, 0) is 29.2 Å². The zero-order valence-electron chi connectivity index (χ0n) is 63.7. The van der Waals surface area contributed by atoms with Crippen LogP contribution in [0.2, 0.25) is 0 Å². The van der Waals surface area contributed by atoms with Crippen molar-refractivity contribution in [3.05, 3.63) is 0 Å². The minimum Gasteiger partial charge on any atom is -0.726 e. The zero-order valence-corrected chi connectivity index (χ0v) is 67.5. The molecule has 0 aromatic heterocycles. The molecule has 0 aliphatic rings. The van der Waals surface area contributed by atoms with Gasteiger partial charge in [0.15, 0.2) is 0 Å². The second-order valence-corrected chi connectivity index (χ2v) is 31.7. The van der Waals surface area contributed by atoms with E-state index in [1.165, 1.54) is 424 Å². The molecule has 0 aromatic carbocycles. The minimum absolute atomic E-state index is 0. The van der Waals surface area contributed by atoms with Crippen LogP contribution in [0, 0.1) is 11.8 Å². The van der Waals surface area contributed by atoms with E-state index in [0.717, 1.165) is 51.4 Å². The van der Waals surface area contributed by atoms with Crippen LogP contribution < -0.4 is 0 Å². The molecule has 0 saturated heterocycles. The van der Waals surface area contributed by atoms with Crippen molar-refractivity contribution in [2.24, 2.45) is 11.8 Å². The van der Waals surface area contributed by atoms with E-state index in [4.69, 9.17) is 0 Å². The van der Waals surface area contributed by atoms with Crippen molar-refractivity contribution in [2.75, 3.05) is 13.2 Å². The summed E-state index contributed by atoms with van der Waals surface area (Å²) in [6, 6.07) is 0. The van der Waals surface area contributed by atoms with Crippen molar-refractivity contribution >= 4 is 58.5 Å². The molecular formula is C82H166CaO8S2. The average molecular weight is 1380 g/mol. The number of hydrogen-bond donors (Lipinski definition) is 0. The van der Waals surface area contributed by atoms with Gasteiger partial charge in [-0.05, 0) is 37.5 Å². The summed E-state index contributed by atoms with van der Waals surface area (Å²) >= 11 is 0. The first kappa shape index (κ1) is 98.2. The standard InChI is InChI=1S/2C41H84O4S.Ca/c2*1-3-5-7-9-11-13-15-17-19-21-22-23-25-27-29-31-33-35-37-39-41(40-45-46(42,43)44)38-36-34-32-30-28-26-24-20-18-16-14-12-10-8-6-4-2;/h2*41H,3-40H2,1-2H3,(H,42,43,44);/q;;+2/p-2. The number of unbranched alkanes of at least 4 members (excludes halogenated alkanes) is 66. The first-order valence-corrected chi connectivity index (χ1v) is 44.9. The van der Waals surface area contributed by atoms with Crippen molar-refractivity contribution in [3.63, 3.8) is 0 Å². The second-order valence-electron chi connectivity index (χ2n) is 29.6. The van der Waals surface area contributed by atoms with Gasteiger partial charge in [0.05, 0.1) is 13.2 Å². The monoisotopic (exact) mass is 1380 g/mol. The molecule has 0 aliphatic heterocycles. The van der Waals surface area contributed by atoms with E-state index in [2.05, 4.69) is 36.1 Å². The third-order valence-electron chi connectivity index (χ3n) is 20.3. The molecule has 2 atom stereocenters. The van der Waals surface area contributed by atoms with E-state index in [1.807, 2.05) is 0 Å². The van der Waals surface area contributed by atoms with E-state index >= 15 is 0 Å². The summed E-state index contributed by atoms with van der Waals surface area (Å²) in [6.45, 7) is 9.29. The Morgan fingerprint density at radius 2 is 0.290 bits per heavy atom. The van der Waals surface area contributed by atoms with Crippen molar-refractivity contribution in [3.8, 4) is 0 Å². The molecule has 0 aliphatic carbocycles. The van der Waals surface area contributed by atoms with E-state index in [-0.39, 0.29) is 62.8 Å². The SMILES string of the molecule is CCCCCCCCCCCCCCCCCCCCCC(CCCCCCCCCCCCCCCCCC)COS(=O)(=O)[O-].CCCCCCCCCCCCCCCCCCCCCC(CCCCCCCCCCCCCCCCCC)COS(=O)(=O)[O-].[Ca+2]. The van der Waals surface area contributed by atoms with Crippen LogP contribution in [0.5, 0.6) is 0 Å². The molecule has 93 heavy (non-hydrogen) atoms. The summed E-state index contributed by atoms with van der Waals surface area (Å²) in [7, 11) is -9.19. The smallest absolute Gasteiger partial charge is 0.726 e. The van der Waals surface area contributed by atoms with E-state index < -0.39 is 20.8 Å². The number of hydrogen-bond acceptors (Lipinski definition) is 8. The summed E-state index contributed by atoms with van der Waals surface area (Å²) in [5.74, 6) is 0.391. The topological polar surface area (TPSA) is 133 Å². The minimum atomic E-state index is -4.59. The predicted molar refractivity (Wildman–Crippen MR) is 408 cm³/mol. The quantitative estimate of drug-likeness (QED) is 0.0254. The van der Waals surface area contributed by atoms with Gasteiger partial charge in [-0.25, -0.2) is 16.8 Å². The molecule has 0 N–H and O–H groups in total. The maximum atomic E-state index is 11.0. The van der Waals surface area contributed by atoms with Crippen LogP contribution in [-0.4, -0.2) is 76.9 Å². The third kappa shape index (κ3) is 93.0. The Morgan fingerprint density at radius 3 is 0.387 bits per heavy atom. The van der Waals surface area contributed by atoms with Gasteiger partial charge in [0.25, 0.3) is 0 Å². The van der Waals surface area contributed by atoms with Gasteiger partial charge in [0, 0.05) is 0 Å². The molecule has 0 saturated carbocycles. The van der Waals surface area contributed by atoms with Gasteiger partial charge in [0.1, 0.15) is 0 Å². The Morgan fingerprint density at radius 1 is 0.194 bits per heavy atom. The summed E-state index contributed by atoms with van der Waals surface area (Å²) in [4.78, 5) is 0. The summed E-state index contributed by atoms with van der Waals surface area (Å²) in [6.07, 6.45) is 99.5. The third-order valence-corrected chi connectivity index (χ3v) is 21.1. The molecule has 556 valence electrons. The largest absolute Gasteiger partial charge is 2.00 e. The molecule has 0 fully saturated rings. The van der Waals surface area contributed by atoms with Gasteiger partial charge in [-0.3, -0.25) is 8.37 Å². The average Bonchev–Trinajstić information content (AvgIpc) is 3.74. The van der Waals surface area contributed by atoms with Crippen molar-refractivity contribution in [1.82, 2.24) is 0 Å². The van der Waals surface area contributed by atoms with E-state index in [1.54, 1.807) is 0 Å². The Balaban J connectivity index is -0.00000172. The maximum Gasteiger partial charge on any atom is 2.00 e. The fraction of sp³-hybridized carbons (Fsp3) is 1.00. The van der Waals surface area contributed by atoms with Gasteiger partial charge in [-0.1, -0.05) is 477 Å². The molecule has 0 bridgehead atoms. The van der Waals surface area contributed by atoms with Crippen LogP contribution in [0.4, 0.5) is 0 Å². The first-order chi connectivity index (χ1) is 45.0. The number of rotatable bonds is 80. The van der Waals surface area contributed by atoms with Crippen molar-refractivity contribution in [2.45, 2.75) is 503 Å². The van der Waals surface area contributed by atoms with Gasteiger partial charge in [-0.2, -0.15) is 0 Å². The van der Waals surface area contributed by atoms with E-state index in [0.29, 0.717) is 0 Å². The molecule has 0 spiro atoms. The molecule has 0 aromatic rings. The summed E-state index contributed by atoms with van der Waals surface area (Å²) < 4.78 is 75.5. The molecule has 0 amide bonds. The van der Waals surface area contributed by atoms with Crippen LogP contribution in [0.3, 0.4) is 0 Å². The Labute approximate surface area is 615 Å². The molecule has 2 unspecified atom stereocenters. The van der Waals surface area contributed by atoms with Gasteiger partial charge < -0.3 is 9.11 Å². The van der Waals surface area contributed by atoms with Gasteiger partial charge in [0.2, 0.25) is 20.8 Å². The normalized spacial score (nSPS) is 12.5. The molecule has 0 heterocycles. The zero-order chi connectivity index (χ0) is 67.3. The Kier molecular flexibility index (Phi) is 88.3. The maximum absolute atomic E-state index is 11.0. The van der Waals surface area contributed by atoms with Crippen LogP contribution in [0.15, 0.2) is 0 Å². The molecule has 0 rings (SSSR count). The Bertz CT molecular complexity index is 1450. The van der Waals surface area contributed by atoms with Crippen LogP contribution in [0.1, 0.15) is 503 Å². The molecule has 0 radical (unpaired) electrons. The predicted octanol–water partition coefficient (Wildman–Crippen LogP) is 28.7. The summed E-state index contributed by atoms with van der Waals surface area (Å²) in [5.41, 5.74) is 0. The van der Waals surface area contributed by atoms with Gasteiger partial charge in [-0.15, -0.1) is 0 Å². The van der Waals surface area contributed by atoms with Crippen LogP contribution in [0.25, 0.3) is 0 Å². The fourth-order valence-electron chi connectivity index (χ4n) is 14.0. The summed E-state index contributed by atoms with van der Waals surface area (Å²) in [5, 5.41) is 0. The molecular weight excluding hydrogens is 1220 g/mol. The Hall–Kier alpha value is 1.000. The molecule has 11 heteroatoms. The van der Waals surface area contributed by atoms with Gasteiger partial charge >= 0.3 is 37.7 Å². The first-order valence-electron chi connectivity index (χ1n) is 42.2. The van der Waals surface area contributed by atoms with Crippen LogP contribution >= 0.6 is 0 Å². The van der Waals surface area contributed by atoms with Crippen molar-refractivity contribution < 1.29 is 34.3 Å². The molecule has 8 nitrogen and oxygen atoms in total. The van der Waals surface area contributed by atoms with Crippen molar-refractivity contribution in [1.29, 1.82) is 0 Å². The second kappa shape index (κ2) is 83.7. The fourth-order valence-corrected chi connectivity index (χ4v) is 14.7. The van der Waals surface area contributed by atoms with E-state index in [9.17, 15) is 25.9 Å².